The lowest BCUT2D eigenvalue weighted by Crippen LogP contribution is -2.42. The van der Waals surface area contributed by atoms with Gasteiger partial charge in [0.15, 0.2) is 0 Å². The van der Waals surface area contributed by atoms with Crippen LogP contribution in [0.2, 0.25) is 0 Å². The second-order valence-electron chi connectivity index (χ2n) is 8.74. The maximum absolute atomic E-state index is 12.7. The van der Waals surface area contributed by atoms with E-state index >= 15 is 0 Å². The number of benzene rings is 2. The van der Waals surface area contributed by atoms with Gasteiger partial charge in [0.25, 0.3) is 11.8 Å². The Hall–Kier alpha value is -4.13. The fourth-order valence-electron chi connectivity index (χ4n) is 3.32. The maximum atomic E-state index is 12.7. The van der Waals surface area contributed by atoms with Gasteiger partial charge in [-0.25, -0.2) is 4.98 Å². The highest BCUT2D eigenvalue weighted by Gasteiger charge is 2.18. The number of nitrogens with zero attached hydrogens (tertiary/aromatic N) is 2. The number of anilines is 1. The highest BCUT2D eigenvalue weighted by atomic mass is 16.5. The van der Waals surface area contributed by atoms with Gasteiger partial charge in [-0.3, -0.25) is 9.59 Å². The molecule has 174 valence electrons. The number of carbonyl (C=O) groups excluding carboxylic acids is 2. The Balaban J connectivity index is 1.36. The topological polar surface area (TPSA) is 84.7 Å². The molecule has 4 rings (SSSR count). The fourth-order valence-corrected chi connectivity index (χ4v) is 3.32. The quantitative estimate of drug-likeness (QED) is 0.387. The summed E-state index contributed by atoms with van der Waals surface area (Å²) in [6.45, 7) is 6.28. The van der Waals surface area contributed by atoms with Crippen LogP contribution in [0.25, 0.3) is 5.65 Å². The molecule has 2 aromatic heterocycles. The lowest BCUT2D eigenvalue weighted by Gasteiger charge is -2.24. The summed E-state index contributed by atoms with van der Waals surface area (Å²) in [6, 6.07) is 19.6. The van der Waals surface area contributed by atoms with Crippen molar-refractivity contribution in [2.24, 2.45) is 0 Å². The summed E-state index contributed by atoms with van der Waals surface area (Å²) in [5, 5.41) is 5.86. The van der Waals surface area contributed by atoms with E-state index in [1.165, 1.54) is 0 Å². The summed E-state index contributed by atoms with van der Waals surface area (Å²) >= 11 is 0. The number of nitrogens with one attached hydrogen (secondary N) is 2. The summed E-state index contributed by atoms with van der Waals surface area (Å²) in [6.07, 6.45) is 4.68. The van der Waals surface area contributed by atoms with Gasteiger partial charge in [0.1, 0.15) is 18.0 Å². The van der Waals surface area contributed by atoms with Crippen molar-refractivity contribution in [3.63, 3.8) is 0 Å². The first-order valence-electron chi connectivity index (χ1n) is 11.2. The van der Waals surface area contributed by atoms with E-state index < -0.39 is 0 Å². The molecule has 0 aliphatic carbocycles. The Labute approximate surface area is 198 Å². The molecule has 7 nitrogen and oxygen atoms in total. The Bertz CT molecular complexity index is 1280. The molecule has 0 aliphatic rings. The molecule has 2 aromatic carbocycles. The van der Waals surface area contributed by atoms with Gasteiger partial charge in [0.2, 0.25) is 0 Å². The Morgan fingerprint density at radius 1 is 0.971 bits per heavy atom. The van der Waals surface area contributed by atoms with Crippen molar-refractivity contribution in [1.29, 1.82) is 0 Å². The predicted octanol–water partition coefficient (Wildman–Crippen LogP) is 5.08. The van der Waals surface area contributed by atoms with Crippen LogP contribution in [0.15, 0.2) is 79.1 Å². The summed E-state index contributed by atoms with van der Waals surface area (Å²) in [4.78, 5) is 29.7. The van der Waals surface area contributed by atoms with Gasteiger partial charge < -0.3 is 19.8 Å². The molecule has 34 heavy (non-hydrogen) atoms. The van der Waals surface area contributed by atoms with Crippen LogP contribution >= 0.6 is 0 Å². The van der Waals surface area contributed by atoms with E-state index in [2.05, 4.69) is 15.6 Å². The number of fused-ring (bicyclic) bond motifs is 1. The first kappa shape index (κ1) is 23.0. The number of aromatic nitrogens is 2. The largest absolute Gasteiger partial charge is 0.487 e. The zero-order chi connectivity index (χ0) is 24.1. The van der Waals surface area contributed by atoms with Crippen LogP contribution in [0.5, 0.6) is 5.75 Å². The maximum Gasteiger partial charge on any atom is 0.255 e. The molecule has 0 saturated carbocycles. The third kappa shape index (κ3) is 5.61. The highest BCUT2D eigenvalue weighted by molar-refractivity contribution is 6.04. The molecule has 2 amide bonds. The minimum atomic E-state index is -0.276. The van der Waals surface area contributed by atoms with Crippen LogP contribution in [0.1, 0.15) is 53.6 Å². The van der Waals surface area contributed by atoms with E-state index in [1.807, 2.05) is 55.8 Å². The summed E-state index contributed by atoms with van der Waals surface area (Å²) in [5.74, 6) is 0.179. The highest BCUT2D eigenvalue weighted by Crippen LogP contribution is 2.18. The van der Waals surface area contributed by atoms with Gasteiger partial charge in [-0.05, 0) is 74.9 Å². The Kier molecular flexibility index (Phi) is 6.63. The second-order valence-corrected chi connectivity index (χ2v) is 8.74. The average Bonchev–Trinajstić information content (AvgIpc) is 3.26. The third-order valence-electron chi connectivity index (χ3n) is 5.64. The van der Waals surface area contributed by atoms with Crippen LogP contribution < -0.4 is 15.4 Å². The van der Waals surface area contributed by atoms with E-state index in [0.29, 0.717) is 29.2 Å². The van der Waals surface area contributed by atoms with Crippen LogP contribution in [-0.4, -0.2) is 26.7 Å². The minimum Gasteiger partial charge on any atom is -0.487 e. The van der Waals surface area contributed by atoms with Crippen molar-refractivity contribution < 1.29 is 14.3 Å². The van der Waals surface area contributed by atoms with Crippen molar-refractivity contribution in [1.82, 2.24) is 14.7 Å². The Morgan fingerprint density at radius 3 is 2.50 bits per heavy atom. The second kappa shape index (κ2) is 9.79. The predicted molar refractivity (Wildman–Crippen MR) is 132 cm³/mol. The normalized spacial score (nSPS) is 11.3. The molecule has 0 radical (unpaired) electrons. The zero-order valence-corrected chi connectivity index (χ0v) is 19.5. The summed E-state index contributed by atoms with van der Waals surface area (Å²) < 4.78 is 7.79. The van der Waals surface area contributed by atoms with Crippen molar-refractivity contribution in [2.75, 3.05) is 5.32 Å². The molecule has 0 spiro atoms. The van der Waals surface area contributed by atoms with Gasteiger partial charge >= 0.3 is 0 Å². The van der Waals surface area contributed by atoms with Crippen LogP contribution in [0.3, 0.4) is 0 Å². The number of hydrogen-bond acceptors (Lipinski definition) is 4. The molecular weight excluding hydrogens is 428 g/mol. The lowest BCUT2D eigenvalue weighted by atomic mass is 10.0. The number of carbonyl (C=O) groups is 2. The number of rotatable bonds is 8. The van der Waals surface area contributed by atoms with E-state index in [4.69, 9.17) is 4.74 Å². The molecule has 0 aliphatic heterocycles. The Morgan fingerprint density at radius 2 is 1.76 bits per heavy atom. The molecule has 0 fully saturated rings. The van der Waals surface area contributed by atoms with E-state index in [1.54, 1.807) is 48.5 Å². The smallest absolute Gasteiger partial charge is 0.255 e. The van der Waals surface area contributed by atoms with E-state index in [9.17, 15) is 9.59 Å². The fraction of sp³-hybridized carbons (Fsp3) is 0.222. The zero-order valence-electron chi connectivity index (χ0n) is 19.5. The average molecular weight is 457 g/mol. The molecule has 0 bridgehead atoms. The molecule has 0 saturated heterocycles. The van der Waals surface area contributed by atoms with Crippen molar-refractivity contribution in [3.05, 3.63) is 95.9 Å². The SMILES string of the molecule is CCC(C)(C)NC(=O)c1ccc(NC(=O)c2cccc(OCc3cn4ccccc4n3)c2)cc1. The standard InChI is InChI=1S/C27H28N4O3/c1-4-27(2,3)30-26(33)19-11-13-21(14-12-19)29-25(32)20-8-7-9-23(16-20)34-18-22-17-31-15-6-5-10-24(31)28-22/h5-17H,4,18H2,1-3H3,(H,29,32)(H,30,33). The van der Waals surface area contributed by atoms with Gasteiger partial charge in [0.05, 0.1) is 5.69 Å². The van der Waals surface area contributed by atoms with Crippen LogP contribution in [0.4, 0.5) is 5.69 Å². The molecule has 2 heterocycles. The third-order valence-corrected chi connectivity index (χ3v) is 5.64. The van der Waals surface area contributed by atoms with Gasteiger partial charge in [-0.15, -0.1) is 0 Å². The molecule has 7 heteroatoms. The molecule has 0 atom stereocenters. The number of imidazole rings is 1. The summed E-state index contributed by atoms with van der Waals surface area (Å²) in [7, 11) is 0. The minimum absolute atomic E-state index is 0.139. The molecular formula is C27H28N4O3. The molecule has 0 unspecified atom stereocenters. The monoisotopic (exact) mass is 456 g/mol. The van der Waals surface area contributed by atoms with Crippen molar-refractivity contribution in [3.8, 4) is 5.75 Å². The lowest BCUT2D eigenvalue weighted by molar-refractivity contribution is 0.0911. The van der Waals surface area contributed by atoms with Crippen molar-refractivity contribution >= 4 is 23.1 Å². The molecule has 4 aromatic rings. The first-order valence-corrected chi connectivity index (χ1v) is 11.2. The van der Waals surface area contributed by atoms with E-state index in [0.717, 1.165) is 17.8 Å². The summed E-state index contributed by atoms with van der Waals surface area (Å²) in [5.41, 5.74) is 3.00. The number of hydrogen-bond donors (Lipinski definition) is 2. The van der Waals surface area contributed by atoms with Gasteiger partial charge in [-0.2, -0.15) is 0 Å². The first-order chi connectivity index (χ1) is 16.3. The number of amides is 2. The van der Waals surface area contributed by atoms with Gasteiger partial charge in [0, 0.05) is 34.7 Å². The van der Waals surface area contributed by atoms with E-state index in [-0.39, 0.29) is 17.4 Å². The van der Waals surface area contributed by atoms with Crippen LogP contribution in [-0.2, 0) is 6.61 Å². The number of pyridine rings is 1. The molecule has 2 N–H and O–H groups in total. The number of ether oxygens (including phenoxy) is 1. The van der Waals surface area contributed by atoms with Crippen molar-refractivity contribution in [2.45, 2.75) is 39.3 Å². The van der Waals surface area contributed by atoms with Gasteiger partial charge in [-0.1, -0.05) is 19.1 Å². The van der Waals surface area contributed by atoms with Crippen LogP contribution in [0, 0.1) is 0 Å².